The first-order valence-electron chi connectivity index (χ1n) is 6.85. The monoisotopic (exact) mass is 341 g/mol. The van der Waals surface area contributed by atoms with Crippen molar-refractivity contribution in [2.45, 2.75) is 19.8 Å². The maximum absolute atomic E-state index is 10.9. The summed E-state index contributed by atoms with van der Waals surface area (Å²) in [5, 5.41) is 14.3. The van der Waals surface area contributed by atoms with Crippen LogP contribution in [-0.2, 0) is 0 Å². The minimum atomic E-state index is -0.337. The molecule has 1 saturated heterocycles. The van der Waals surface area contributed by atoms with E-state index in [-0.39, 0.29) is 10.6 Å². The predicted molar refractivity (Wildman–Crippen MR) is 84.4 cm³/mol. The molecule has 2 rings (SSSR count). The minimum absolute atomic E-state index is 0.163. The molecule has 0 aromatic heterocycles. The second-order valence-electron chi connectivity index (χ2n) is 5.42. The topological polar surface area (TPSA) is 58.4 Å². The Balaban J connectivity index is 2.14. The molecule has 1 aliphatic rings. The first-order valence-corrected chi connectivity index (χ1v) is 7.64. The van der Waals surface area contributed by atoms with Crippen LogP contribution >= 0.6 is 15.9 Å². The van der Waals surface area contributed by atoms with Crippen molar-refractivity contribution in [3.05, 3.63) is 32.3 Å². The highest BCUT2D eigenvalue weighted by atomic mass is 79.9. The Morgan fingerprint density at radius 3 is 2.70 bits per heavy atom. The summed E-state index contributed by atoms with van der Waals surface area (Å²) in [6, 6.07) is 3.49. The number of benzene rings is 1. The van der Waals surface area contributed by atoms with E-state index in [9.17, 15) is 10.1 Å². The highest BCUT2D eigenvalue weighted by molar-refractivity contribution is 9.10. The molecule has 0 saturated carbocycles. The molecule has 1 heterocycles. The van der Waals surface area contributed by atoms with E-state index in [4.69, 9.17) is 0 Å². The largest absolute Gasteiger partial charge is 0.373 e. The van der Waals surface area contributed by atoms with Crippen LogP contribution in [0.3, 0.4) is 0 Å². The van der Waals surface area contributed by atoms with Gasteiger partial charge in [0.25, 0.3) is 5.69 Å². The van der Waals surface area contributed by atoms with Gasteiger partial charge in [-0.3, -0.25) is 10.1 Å². The molecule has 110 valence electrons. The second-order valence-corrected chi connectivity index (χ2v) is 6.28. The van der Waals surface area contributed by atoms with E-state index in [1.165, 1.54) is 12.8 Å². The maximum atomic E-state index is 10.9. The van der Waals surface area contributed by atoms with Crippen molar-refractivity contribution in [3.63, 3.8) is 0 Å². The van der Waals surface area contributed by atoms with Gasteiger partial charge >= 0.3 is 0 Å². The fraction of sp³-hybridized carbons (Fsp3) is 0.571. The lowest BCUT2D eigenvalue weighted by Crippen LogP contribution is -2.34. The molecule has 1 aromatic carbocycles. The number of nitro groups is 1. The van der Waals surface area contributed by atoms with Crippen LogP contribution in [0.1, 0.15) is 18.4 Å². The van der Waals surface area contributed by atoms with E-state index < -0.39 is 0 Å². The molecule has 0 radical (unpaired) electrons. The summed E-state index contributed by atoms with van der Waals surface area (Å²) in [7, 11) is 2.05. The van der Waals surface area contributed by atoms with E-state index in [1.807, 2.05) is 13.1 Å². The molecule has 0 aliphatic carbocycles. The molecular weight excluding hydrogens is 322 g/mol. The maximum Gasteiger partial charge on any atom is 0.273 e. The Kier molecular flexibility index (Phi) is 4.99. The third-order valence-electron chi connectivity index (χ3n) is 3.86. The van der Waals surface area contributed by atoms with Gasteiger partial charge in [-0.2, -0.15) is 0 Å². The Bertz CT molecular complexity index is 501. The lowest BCUT2D eigenvalue weighted by atomic mass is 9.97. The van der Waals surface area contributed by atoms with Gasteiger partial charge in [-0.1, -0.05) is 0 Å². The molecule has 0 unspecified atom stereocenters. The Morgan fingerprint density at radius 1 is 1.45 bits per heavy atom. The van der Waals surface area contributed by atoms with Crippen molar-refractivity contribution in [3.8, 4) is 0 Å². The highest BCUT2D eigenvalue weighted by Crippen LogP contribution is 2.33. The van der Waals surface area contributed by atoms with E-state index in [0.29, 0.717) is 11.5 Å². The van der Waals surface area contributed by atoms with Crippen molar-refractivity contribution in [1.82, 2.24) is 5.32 Å². The normalized spacial score (nSPS) is 16.1. The van der Waals surface area contributed by atoms with Gasteiger partial charge in [-0.25, -0.2) is 0 Å². The van der Waals surface area contributed by atoms with Crippen LogP contribution in [0.25, 0.3) is 0 Å². The number of rotatable bonds is 4. The molecule has 6 heteroatoms. The van der Waals surface area contributed by atoms with E-state index >= 15 is 0 Å². The predicted octanol–water partition coefficient (Wildman–Crippen LogP) is 3.10. The summed E-state index contributed by atoms with van der Waals surface area (Å²) in [5.41, 5.74) is 1.88. The molecule has 1 aromatic rings. The van der Waals surface area contributed by atoms with Gasteiger partial charge in [-0.05, 0) is 60.8 Å². The first-order chi connectivity index (χ1) is 9.49. The zero-order chi connectivity index (χ0) is 14.7. The van der Waals surface area contributed by atoms with E-state index in [1.54, 1.807) is 13.0 Å². The quantitative estimate of drug-likeness (QED) is 0.675. The van der Waals surface area contributed by atoms with Gasteiger partial charge < -0.3 is 10.2 Å². The molecule has 20 heavy (non-hydrogen) atoms. The number of hydrogen-bond acceptors (Lipinski definition) is 4. The second kappa shape index (κ2) is 6.54. The zero-order valence-electron chi connectivity index (χ0n) is 11.9. The van der Waals surface area contributed by atoms with Crippen LogP contribution in [-0.4, -0.2) is 31.6 Å². The summed E-state index contributed by atoms with van der Waals surface area (Å²) in [6.07, 6.45) is 2.38. The van der Waals surface area contributed by atoms with Crippen LogP contribution in [0.2, 0.25) is 0 Å². The SMILES string of the molecule is Cc1cc(N(C)CC2CCNCC2)c(Br)cc1[N+](=O)[O-]. The van der Waals surface area contributed by atoms with Gasteiger partial charge in [0.1, 0.15) is 0 Å². The third-order valence-corrected chi connectivity index (χ3v) is 4.50. The van der Waals surface area contributed by atoms with Crippen molar-refractivity contribution in [2.24, 2.45) is 5.92 Å². The summed E-state index contributed by atoms with van der Waals surface area (Å²) >= 11 is 3.46. The average molecular weight is 342 g/mol. The van der Waals surface area contributed by atoms with Crippen LogP contribution in [0.15, 0.2) is 16.6 Å². The number of anilines is 1. The van der Waals surface area contributed by atoms with E-state index in [2.05, 4.69) is 26.1 Å². The summed E-state index contributed by atoms with van der Waals surface area (Å²) in [5.74, 6) is 0.684. The Labute approximate surface area is 127 Å². The Morgan fingerprint density at radius 2 is 2.10 bits per heavy atom. The van der Waals surface area contributed by atoms with Crippen molar-refractivity contribution in [1.29, 1.82) is 0 Å². The number of nitrogens with one attached hydrogen (secondary N) is 1. The number of hydrogen-bond donors (Lipinski definition) is 1. The molecule has 0 spiro atoms. The molecule has 1 aliphatic heterocycles. The summed E-state index contributed by atoms with van der Waals surface area (Å²) in [4.78, 5) is 12.8. The molecule has 1 fully saturated rings. The third kappa shape index (κ3) is 3.49. The smallest absolute Gasteiger partial charge is 0.273 e. The van der Waals surface area contributed by atoms with Crippen LogP contribution in [0.4, 0.5) is 11.4 Å². The van der Waals surface area contributed by atoms with Crippen molar-refractivity contribution < 1.29 is 4.92 Å². The lowest BCUT2D eigenvalue weighted by Gasteiger charge is -2.29. The number of nitrogens with zero attached hydrogens (tertiary/aromatic N) is 2. The summed E-state index contributed by atoms with van der Waals surface area (Å²) in [6.45, 7) is 4.93. The number of piperidine rings is 1. The average Bonchev–Trinajstić information content (AvgIpc) is 2.41. The van der Waals surface area contributed by atoms with Gasteiger partial charge in [-0.15, -0.1) is 0 Å². The fourth-order valence-corrected chi connectivity index (χ4v) is 3.33. The lowest BCUT2D eigenvalue weighted by molar-refractivity contribution is -0.385. The standard InChI is InChI=1S/C14H20BrN3O2/c1-10-7-14(12(15)8-13(10)18(19)20)17(2)9-11-3-5-16-6-4-11/h7-8,11,16H,3-6,9H2,1-2H3. The van der Waals surface area contributed by atoms with Gasteiger partial charge in [0.2, 0.25) is 0 Å². The number of aryl methyl sites for hydroxylation is 1. The zero-order valence-corrected chi connectivity index (χ0v) is 13.4. The van der Waals surface area contributed by atoms with Crippen molar-refractivity contribution in [2.75, 3.05) is 31.6 Å². The van der Waals surface area contributed by atoms with Crippen LogP contribution < -0.4 is 10.2 Å². The molecule has 0 amide bonds. The Hall–Kier alpha value is -1.14. The van der Waals surface area contributed by atoms with E-state index in [0.717, 1.165) is 29.8 Å². The molecule has 0 bridgehead atoms. The van der Waals surface area contributed by atoms with Gasteiger partial charge in [0.05, 0.1) is 10.6 Å². The minimum Gasteiger partial charge on any atom is -0.373 e. The highest BCUT2D eigenvalue weighted by Gasteiger charge is 2.19. The van der Waals surface area contributed by atoms with Crippen LogP contribution in [0, 0.1) is 23.0 Å². The van der Waals surface area contributed by atoms with Gasteiger partial charge in [0, 0.05) is 29.7 Å². The molecule has 5 nitrogen and oxygen atoms in total. The van der Waals surface area contributed by atoms with Gasteiger partial charge in [0.15, 0.2) is 0 Å². The number of nitro benzene ring substituents is 1. The molecule has 1 N–H and O–H groups in total. The van der Waals surface area contributed by atoms with Crippen LogP contribution in [0.5, 0.6) is 0 Å². The molecular formula is C14H20BrN3O2. The van der Waals surface area contributed by atoms with Crippen molar-refractivity contribution >= 4 is 27.3 Å². The summed E-state index contributed by atoms with van der Waals surface area (Å²) < 4.78 is 0.784. The molecule has 0 atom stereocenters. The fourth-order valence-electron chi connectivity index (χ4n) is 2.69. The first kappa shape index (κ1) is 15.3. The number of halogens is 1.